The second-order valence-electron chi connectivity index (χ2n) is 6.40. The molecule has 0 fully saturated rings. The first kappa shape index (κ1) is 17.5. The largest absolute Gasteiger partial charge is 0.478 e. The average molecular weight is 372 g/mol. The van der Waals surface area contributed by atoms with Gasteiger partial charge in [-0.2, -0.15) is 0 Å². The molecule has 4 aromatic rings. The molecule has 1 aromatic heterocycles. The van der Waals surface area contributed by atoms with E-state index in [1.807, 2.05) is 34.9 Å². The van der Waals surface area contributed by atoms with Crippen molar-refractivity contribution < 1.29 is 19.8 Å². The van der Waals surface area contributed by atoms with Crippen LogP contribution in [0.3, 0.4) is 0 Å². The van der Waals surface area contributed by atoms with Crippen LogP contribution < -0.4 is 0 Å². The maximum atomic E-state index is 11.3. The van der Waals surface area contributed by atoms with Gasteiger partial charge in [0.25, 0.3) is 0 Å². The highest BCUT2D eigenvalue weighted by Gasteiger charge is 2.15. The lowest BCUT2D eigenvalue weighted by atomic mass is 10.1. The molecule has 0 bridgehead atoms. The van der Waals surface area contributed by atoms with E-state index in [-0.39, 0.29) is 11.1 Å². The highest BCUT2D eigenvalue weighted by atomic mass is 16.4. The molecule has 6 nitrogen and oxygen atoms in total. The molecule has 2 N–H and O–H groups in total. The number of carboxylic acids is 2. The van der Waals surface area contributed by atoms with Crippen LogP contribution in [-0.2, 0) is 6.54 Å². The number of nitrogens with zero attached hydrogens (tertiary/aromatic N) is 2. The molecule has 0 saturated heterocycles. The second-order valence-corrected chi connectivity index (χ2v) is 6.40. The van der Waals surface area contributed by atoms with Crippen molar-refractivity contribution >= 4 is 23.0 Å². The van der Waals surface area contributed by atoms with Gasteiger partial charge in [0.2, 0.25) is 0 Å². The summed E-state index contributed by atoms with van der Waals surface area (Å²) in [4.78, 5) is 27.1. The maximum Gasteiger partial charge on any atom is 0.335 e. The molecule has 1 heterocycles. The predicted molar refractivity (Wildman–Crippen MR) is 105 cm³/mol. The van der Waals surface area contributed by atoms with Gasteiger partial charge in [-0.1, -0.05) is 42.5 Å². The van der Waals surface area contributed by atoms with Gasteiger partial charge in [-0.3, -0.25) is 0 Å². The second kappa shape index (κ2) is 7.00. The third-order valence-corrected chi connectivity index (χ3v) is 4.57. The van der Waals surface area contributed by atoms with Crippen LogP contribution in [0.4, 0.5) is 0 Å². The van der Waals surface area contributed by atoms with Crippen molar-refractivity contribution in [3.63, 3.8) is 0 Å². The lowest BCUT2D eigenvalue weighted by Gasteiger charge is -2.10. The summed E-state index contributed by atoms with van der Waals surface area (Å²) < 4.78 is 2.01. The molecule has 0 amide bonds. The summed E-state index contributed by atoms with van der Waals surface area (Å²) in [6.45, 7) is 0.555. The Balaban J connectivity index is 1.88. The van der Waals surface area contributed by atoms with E-state index in [0.717, 1.165) is 16.6 Å². The minimum Gasteiger partial charge on any atom is -0.478 e. The molecule has 0 atom stereocenters. The topological polar surface area (TPSA) is 92.4 Å². The van der Waals surface area contributed by atoms with Crippen molar-refractivity contribution in [3.05, 3.63) is 89.5 Å². The molecule has 0 radical (unpaired) electrons. The molecular formula is C22H16N2O4. The van der Waals surface area contributed by atoms with Gasteiger partial charge in [0.1, 0.15) is 5.82 Å². The van der Waals surface area contributed by atoms with Crippen LogP contribution >= 0.6 is 0 Å². The standard InChI is InChI=1S/C22H16N2O4/c25-21(26)16-8-6-15(7-9-16)20-23-18-12-17(22(27)28)10-11-19(18)24(20)13-14-4-2-1-3-5-14/h1-12H,13H2,(H,25,26)(H,27,28). The van der Waals surface area contributed by atoms with E-state index < -0.39 is 11.9 Å². The van der Waals surface area contributed by atoms with Crippen molar-refractivity contribution in [2.45, 2.75) is 6.54 Å². The van der Waals surface area contributed by atoms with Gasteiger partial charge < -0.3 is 14.8 Å². The molecule has 0 unspecified atom stereocenters. The number of benzene rings is 3. The Morgan fingerprint density at radius 1 is 0.821 bits per heavy atom. The quantitative estimate of drug-likeness (QED) is 0.549. The van der Waals surface area contributed by atoms with Crippen molar-refractivity contribution in [2.75, 3.05) is 0 Å². The van der Waals surface area contributed by atoms with E-state index in [1.54, 1.807) is 30.3 Å². The molecule has 3 aromatic carbocycles. The molecule has 6 heteroatoms. The number of hydrogen-bond acceptors (Lipinski definition) is 3. The van der Waals surface area contributed by atoms with E-state index in [2.05, 4.69) is 4.98 Å². The molecule has 0 aliphatic rings. The third kappa shape index (κ3) is 3.23. The van der Waals surface area contributed by atoms with Gasteiger partial charge in [0.05, 0.1) is 22.2 Å². The third-order valence-electron chi connectivity index (χ3n) is 4.57. The number of aromatic carboxylic acids is 2. The summed E-state index contributed by atoms with van der Waals surface area (Å²) in [5.74, 6) is -1.35. The molecule has 0 spiro atoms. The van der Waals surface area contributed by atoms with Crippen molar-refractivity contribution in [2.24, 2.45) is 0 Å². The Bertz CT molecular complexity index is 1180. The monoisotopic (exact) mass is 372 g/mol. The average Bonchev–Trinajstić information content (AvgIpc) is 3.06. The molecule has 138 valence electrons. The van der Waals surface area contributed by atoms with Crippen LogP contribution in [0, 0.1) is 0 Å². The minimum absolute atomic E-state index is 0.171. The van der Waals surface area contributed by atoms with Crippen LogP contribution in [0.15, 0.2) is 72.8 Å². The van der Waals surface area contributed by atoms with Gasteiger partial charge in [-0.15, -0.1) is 0 Å². The summed E-state index contributed by atoms with van der Waals surface area (Å²) in [5, 5.41) is 18.4. The summed E-state index contributed by atoms with van der Waals surface area (Å²) >= 11 is 0. The number of aromatic nitrogens is 2. The van der Waals surface area contributed by atoms with Crippen LogP contribution in [0.25, 0.3) is 22.4 Å². The Hall–Kier alpha value is -3.93. The van der Waals surface area contributed by atoms with Gasteiger partial charge in [-0.05, 0) is 35.9 Å². The SMILES string of the molecule is O=C(O)c1ccc(-c2nc3cc(C(=O)O)ccc3n2Cc2ccccc2)cc1. The Labute approximate surface area is 160 Å². The highest BCUT2D eigenvalue weighted by Crippen LogP contribution is 2.27. The van der Waals surface area contributed by atoms with E-state index in [9.17, 15) is 14.7 Å². The number of rotatable bonds is 5. The van der Waals surface area contributed by atoms with Gasteiger partial charge in [-0.25, -0.2) is 14.6 Å². The summed E-state index contributed by atoms with van der Waals surface area (Å²) in [6.07, 6.45) is 0. The maximum absolute atomic E-state index is 11.3. The number of carboxylic acid groups (broad SMARTS) is 2. The van der Waals surface area contributed by atoms with Crippen molar-refractivity contribution in [1.82, 2.24) is 9.55 Å². The van der Waals surface area contributed by atoms with Crippen LogP contribution in [-0.4, -0.2) is 31.7 Å². The van der Waals surface area contributed by atoms with E-state index in [1.165, 1.54) is 12.1 Å². The molecule has 28 heavy (non-hydrogen) atoms. The Kier molecular flexibility index (Phi) is 4.37. The van der Waals surface area contributed by atoms with Gasteiger partial charge >= 0.3 is 11.9 Å². The zero-order valence-corrected chi connectivity index (χ0v) is 14.7. The van der Waals surface area contributed by atoms with E-state index in [4.69, 9.17) is 5.11 Å². The van der Waals surface area contributed by atoms with Crippen LogP contribution in [0.1, 0.15) is 26.3 Å². The summed E-state index contributed by atoms with van der Waals surface area (Å²) in [6, 6.07) is 21.2. The predicted octanol–water partition coefficient (Wildman–Crippen LogP) is 4.15. The summed E-state index contributed by atoms with van der Waals surface area (Å²) in [5.41, 5.74) is 3.59. The zero-order chi connectivity index (χ0) is 19.7. The molecule has 0 aliphatic carbocycles. The Morgan fingerprint density at radius 2 is 1.46 bits per heavy atom. The van der Waals surface area contributed by atoms with Gasteiger partial charge in [0, 0.05) is 12.1 Å². The molecule has 0 saturated carbocycles. The minimum atomic E-state index is -1.01. The van der Waals surface area contributed by atoms with E-state index in [0.29, 0.717) is 17.9 Å². The first-order valence-corrected chi connectivity index (χ1v) is 8.64. The smallest absolute Gasteiger partial charge is 0.335 e. The lowest BCUT2D eigenvalue weighted by Crippen LogP contribution is -2.03. The van der Waals surface area contributed by atoms with Gasteiger partial charge in [0.15, 0.2) is 0 Å². The highest BCUT2D eigenvalue weighted by molar-refractivity contribution is 5.93. The fourth-order valence-electron chi connectivity index (χ4n) is 3.17. The van der Waals surface area contributed by atoms with Crippen LogP contribution in [0.5, 0.6) is 0 Å². The summed E-state index contributed by atoms with van der Waals surface area (Å²) in [7, 11) is 0. The van der Waals surface area contributed by atoms with E-state index >= 15 is 0 Å². The first-order chi connectivity index (χ1) is 13.5. The first-order valence-electron chi connectivity index (χ1n) is 8.64. The zero-order valence-electron chi connectivity index (χ0n) is 14.7. The molecule has 4 rings (SSSR count). The fraction of sp³-hybridized carbons (Fsp3) is 0.0455. The number of hydrogen-bond donors (Lipinski definition) is 2. The number of carbonyl (C=O) groups is 2. The van der Waals surface area contributed by atoms with Crippen molar-refractivity contribution in [1.29, 1.82) is 0 Å². The fourth-order valence-corrected chi connectivity index (χ4v) is 3.17. The van der Waals surface area contributed by atoms with Crippen molar-refractivity contribution in [3.8, 4) is 11.4 Å². The molecular weight excluding hydrogens is 356 g/mol. The van der Waals surface area contributed by atoms with Crippen LogP contribution in [0.2, 0.25) is 0 Å². The molecule has 0 aliphatic heterocycles. The normalized spacial score (nSPS) is 10.9. The Morgan fingerprint density at radius 3 is 2.11 bits per heavy atom. The number of imidazole rings is 1. The lowest BCUT2D eigenvalue weighted by molar-refractivity contribution is 0.0686. The number of fused-ring (bicyclic) bond motifs is 1.